The van der Waals surface area contributed by atoms with Crippen molar-refractivity contribution < 1.29 is 9.47 Å². The number of hydrogen-bond donors (Lipinski definition) is 1. The van der Waals surface area contributed by atoms with Gasteiger partial charge in [0.1, 0.15) is 0 Å². The third-order valence-electron chi connectivity index (χ3n) is 6.32. The third-order valence-corrected chi connectivity index (χ3v) is 6.32. The molecule has 3 rings (SSSR count). The molecule has 0 aromatic rings. The van der Waals surface area contributed by atoms with E-state index >= 15 is 0 Å². The van der Waals surface area contributed by atoms with E-state index in [1.54, 1.807) is 0 Å². The number of nitrogens with one attached hydrogen (secondary N) is 1. The number of methoxy groups -OCH3 is 1. The van der Waals surface area contributed by atoms with E-state index in [1.165, 1.54) is 38.5 Å². The molecule has 146 valence electrons. The van der Waals surface area contributed by atoms with Crippen LogP contribution in [0.15, 0.2) is 4.99 Å². The Labute approximate surface area is 170 Å². The van der Waals surface area contributed by atoms with Crippen LogP contribution in [-0.4, -0.2) is 64.0 Å². The second-order valence-corrected chi connectivity index (χ2v) is 8.09. The first-order valence-electron chi connectivity index (χ1n) is 9.81. The number of rotatable bonds is 6. The molecule has 0 aromatic carbocycles. The summed E-state index contributed by atoms with van der Waals surface area (Å²) in [5.41, 5.74) is 0.752. The molecule has 0 radical (unpaired) electrons. The summed E-state index contributed by atoms with van der Waals surface area (Å²) >= 11 is 0. The van der Waals surface area contributed by atoms with Crippen LogP contribution < -0.4 is 5.32 Å². The summed E-state index contributed by atoms with van der Waals surface area (Å²) < 4.78 is 11.0. The Bertz CT molecular complexity index is 432. The van der Waals surface area contributed by atoms with E-state index in [1.807, 2.05) is 7.11 Å². The third kappa shape index (κ3) is 5.22. The van der Waals surface area contributed by atoms with Gasteiger partial charge in [0.05, 0.1) is 6.61 Å². The van der Waals surface area contributed by atoms with Gasteiger partial charge in [0.25, 0.3) is 0 Å². The Balaban J connectivity index is 0.00000225. The average molecular weight is 465 g/mol. The molecule has 2 aliphatic heterocycles. The zero-order chi connectivity index (χ0) is 16.9. The Kier molecular flexibility index (Phi) is 8.27. The van der Waals surface area contributed by atoms with Gasteiger partial charge in [-0.05, 0) is 44.4 Å². The standard InChI is InChI=1S/C19H35N3O2.HI/c1-3-20-17(22-11-8-19(15-22)10-13-24-16-19)21-14-18(9-12-23-2)6-4-5-7-18;/h3-16H2,1-2H3,(H,20,21);1H. The molecule has 1 unspecified atom stereocenters. The summed E-state index contributed by atoms with van der Waals surface area (Å²) in [6, 6.07) is 0. The Hall–Kier alpha value is -0.0800. The molecule has 1 saturated carbocycles. The van der Waals surface area contributed by atoms with Crippen molar-refractivity contribution in [2.45, 2.75) is 51.9 Å². The largest absolute Gasteiger partial charge is 0.385 e. The highest BCUT2D eigenvalue weighted by atomic mass is 127. The van der Waals surface area contributed by atoms with Gasteiger partial charge in [-0.2, -0.15) is 0 Å². The molecule has 1 N–H and O–H groups in total. The highest BCUT2D eigenvalue weighted by Gasteiger charge is 2.42. The fraction of sp³-hybridized carbons (Fsp3) is 0.947. The Morgan fingerprint density at radius 2 is 2.04 bits per heavy atom. The molecule has 5 nitrogen and oxygen atoms in total. The average Bonchev–Trinajstić information content (AvgIpc) is 3.33. The lowest BCUT2D eigenvalue weighted by Crippen LogP contribution is -2.42. The number of ether oxygens (including phenoxy) is 2. The maximum Gasteiger partial charge on any atom is 0.193 e. The predicted octanol–water partition coefficient (Wildman–Crippen LogP) is 3.28. The van der Waals surface area contributed by atoms with Crippen molar-refractivity contribution in [2.75, 3.05) is 53.1 Å². The van der Waals surface area contributed by atoms with Gasteiger partial charge in [-0.1, -0.05) is 12.8 Å². The van der Waals surface area contributed by atoms with E-state index in [-0.39, 0.29) is 24.0 Å². The monoisotopic (exact) mass is 465 g/mol. The SMILES string of the molecule is CCNC(=NCC1(CCOC)CCCC1)N1CCC2(CCOC2)C1.I. The summed E-state index contributed by atoms with van der Waals surface area (Å²) in [6.45, 7) is 8.97. The van der Waals surface area contributed by atoms with Crippen LogP contribution in [0.1, 0.15) is 51.9 Å². The first-order valence-corrected chi connectivity index (χ1v) is 9.81. The van der Waals surface area contributed by atoms with Crippen LogP contribution in [0.4, 0.5) is 0 Å². The summed E-state index contributed by atoms with van der Waals surface area (Å²) in [7, 11) is 1.81. The molecule has 0 amide bonds. The summed E-state index contributed by atoms with van der Waals surface area (Å²) in [5.74, 6) is 1.12. The van der Waals surface area contributed by atoms with Gasteiger partial charge >= 0.3 is 0 Å². The number of aliphatic imine (C=N–C) groups is 1. The number of hydrogen-bond acceptors (Lipinski definition) is 3. The second kappa shape index (κ2) is 9.74. The molecule has 3 fully saturated rings. The van der Waals surface area contributed by atoms with Crippen LogP contribution in [-0.2, 0) is 9.47 Å². The molecule has 0 bridgehead atoms. The number of guanidine groups is 1. The van der Waals surface area contributed by atoms with Gasteiger partial charge in [0, 0.05) is 51.9 Å². The van der Waals surface area contributed by atoms with Gasteiger partial charge < -0.3 is 19.7 Å². The molecule has 0 aromatic heterocycles. The van der Waals surface area contributed by atoms with E-state index in [9.17, 15) is 0 Å². The Morgan fingerprint density at radius 1 is 1.24 bits per heavy atom. The van der Waals surface area contributed by atoms with Crippen molar-refractivity contribution in [2.24, 2.45) is 15.8 Å². The number of nitrogens with zero attached hydrogens (tertiary/aromatic N) is 2. The minimum atomic E-state index is 0. The lowest BCUT2D eigenvalue weighted by atomic mass is 9.83. The van der Waals surface area contributed by atoms with Crippen molar-refractivity contribution in [3.8, 4) is 0 Å². The van der Waals surface area contributed by atoms with Gasteiger partial charge in [0.15, 0.2) is 5.96 Å². The van der Waals surface area contributed by atoms with E-state index in [0.29, 0.717) is 10.8 Å². The van der Waals surface area contributed by atoms with Crippen LogP contribution in [0.3, 0.4) is 0 Å². The zero-order valence-corrected chi connectivity index (χ0v) is 18.3. The van der Waals surface area contributed by atoms with E-state index in [4.69, 9.17) is 14.5 Å². The topological polar surface area (TPSA) is 46.1 Å². The molecular weight excluding hydrogens is 429 g/mol. The molecule has 1 aliphatic carbocycles. The smallest absolute Gasteiger partial charge is 0.193 e. The van der Waals surface area contributed by atoms with E-state index in [2.05, 4.69) is 17.1 Å². The first-order chi connectivity index (χ1) is 11.7. The molecule has 2 heterocycles. The van der Waals surface area contributed by atoms with Crippen molar-refractivity contribution in [3.05, 3.63) is 0 Å². The summed E-state index contributed by atoms with van der Waals surface area (Å²) in [6.07, 6.45) is 8.89. The fourth-order valence-corrected chi connectivity index (χ4v) is 4.69. The molecule has 3 aliphatic rings. The predicted molar refractivity (Wildman–Crippen MR) is 113 cm³/mol. The summed E-state index contributed by atoms with van der Waals surface area (Å²) in [5, 5.41) is 3.53. The maximum absolute atomic E-state index is 5.67. The molecule has 1 atom stereocenters. The van der Waals surface area contributed by atoms with Crippen molar-refractivity contribution >= 4 is 29.9 Å². The lowest BCUT2D eigenvalue weighted by Gasteiger charge is -2.29. The van der Waals surface area contributed by atoms with Gasteiger partial charge in [-0.15, -0.1) is 24.0 Å². The Morgan fingerprint density at radius 3 is 2.68 bits per heavy atom. The van der Waals surface area contributed by atoms with Crippen LogP contribution in [0.25, 0.3) is 0 Å². The highest BCUT2D eigenvalue weighted by Crippen LogP contribution is 2.42. The number of likely N-dealkylation sites (tertiary alicyclic amines) is 1. The number of halogens is 1. The quantitative estimate of drug-likeness (QED) is 0.372. The second-order valence-electron chi connectivity index (χ2n) is 8.09. The fourth-order valence-electron chi connectivity index (χ4n) is 4.69. The maximum atomic E-state index is 5.67. The van der Waals surface area contributed by atoms with Crippen molar-refractivity contribution in [1.29, 1.82) is 0 Å². The molecule has 6 heteroatoms. The molecular formula is C19H36IN3O2. The minimum absolute atomic E-state index is 0. The van der Waals surface area contributed by atoms with Crippen LogP contribution in [0.5, 0.6) is 0 Å². The van der Waals surface area contributed by atoms with Crippen molar-refractivity contribution in [1.82, 2.24) is 10.2 Å². The first kappa shape index (κ1) is 21.2. The van der Waals surface area contributed by atoms with E-state index < -0.39 is 0 Å². The summed E-state index contributed by atoms with van der Waals surface area (Å²) in [4.78, 5) is 7.56. The molecule has 2 saturated heterocycles. The van der Waals surface area contributed by atoms with Crippen LogP contribution in [0, 0.1) is 10.8 Å². The normalized spacial score (nSPS) is 28.6. The van der Waals surface area contributed by atoms with Gasteiger partial charge in [0.2, 0.25) is 0 Å². The molecule has 1 spiro atoms. The van der Waals surface area contributed by atoms with Crippen molar-refractivity contribution in [3.63, 3.8) is 0 Å². The minimum Gasteiger partial charge on any atom is -0.385 e. The van der Waals surface area contributed by atoms with E-state index in [0.717, 1.165) is 58.4 Å². The van der Waals surface area contributed by atoms with Gasteiger partial charge in [-0.25, -0.2) is 0 Å². The highest BCUT2D eigenvalue weighted by molar-refractivity contribution is 14.0. The zero-order valence-electron chi connectivity index (χ0n) is 16.0. The van der Waals surface area contributed by atoms with Crippen LogP contribution >= 0.6 is 24.0 Å². The lowest BCUT2D eigenvalue weighted by molar-refractivity contribution is 0.141. The van der Waals surface area contributed by atoms with Crippen LogP contribution in [0.2, 0.25) is 0 Å². The van der Waals surface area contributed by atoms with Gasteiger partial charge in [-0.3, -0.25) is 4.99 Å². The molecule has 25 heavy (non-hydrogen) atoms.